The second kappa shape index (κ2) is 69.6. The van der Waals surface area contributed by atoms with Crippen LogP contribution in [0.25, 0.3) is 0 Å². The number of allylic oxidation sites excluding steroid dienone is 10. The Morgan fingerprint density at radius 2 is 0.444 bits per heavy atom. The molecule has 0 fully saturated rings. The summed E-state index contributed by atoms with van der Waals surface area (Å²) in [4.78, 5) is 38.4. The van der Waals surface area contributed by atoms with Crippen LogP contribution < -0.4 is 0 Å². The van der Waals surface area contributed by atoms with Crippen LogP contribution in [0.5, 0.6) is 0 Å². The van der Waals surface area contributed by atoms with Crippen LogP contribution in [0.2, 0.25) is 0 Å². The van der Waals surface area contributed by atoms with Crippen molar-refractivity contribution in [3.63, 3.8) is 0 Å². The Balaban J connectivity index is 4.22. The van der Waals surface area contributed by atoms with Crippen LogP contribution >= 0.6 is 0 Å². The maximum absolute atomic E-state index is 12.9. The van der Waals surface area contributed by atoms with Crippen molar-refractivity contribution in [1.29, 1.82) is 0 Å². The molecule has 0 aliphatic carbocycles. The molecule has 1 unspecified atom stereocenters. The maximum atomic E-state index is 12.9. The number of hydrogen-bond acceptors (Lipinski definition) is 6. The zero-order valence-electron chi connectivity index (χ0n) is 54.3. The lowest BCUT2D eigenvalue weighted by Gasteiger charge is -2.18. The second-order valence-electron chi connectivity index (χ2n) is 24.1. The molecule has 0 amide bonds. The highest BCUT2D eigenvalue weighted by Crippen LogP contribution is 2.17. The Morgan fingerprint density at radius 1 is 0.247 bits per heavy atom. The molecule has 0 aliphatic rings. The van der Waals surface area contributed by atoms with Gasteiger partial charge in [0.25, 0.3) is 0 Å². The Kier molecular flexibility index (Phi) is 67.1. The largest absolute Gasteiger partial charge is 0.462 e. The number of hydrogen-bond donors (Lipinski definition) is 0. The van der Waals surface area contributed by atoms with E-state index in [1.807, 2.05) is 0 Å². The summed E-state index contributed by atoms with van der Waals surface area (Å²) in [6.07, 6.45) is 89.7. The topological polar surface area (TPSA) is 78.9 Å². The van der Waals surface area contributed by atoms with E-state index in [-0.39, 0.29) is 31.1 Å². The highest BCUT2D eigenvalue weighted by Gasteiger charge is 2.19. The van der Waals surface area contributed by atoms with E-state index < -0.39 is 6.10 Å². The number of carbonyl (C=O) groups is 3. The van der Waals surface area contributed by atoms with Crippen molar-refractivity contribution >= 4 is 17.9 Å². The van der Waals surface area contributed by atoms with Gasteiger partial charge in [0.05, 0.1) is 0 Å². The van der Waals surface area contributed by atoms with Gasteiger partial charge < -0.3 is 14.2 Å². The van der Waals surface area contributed by atoms with Crippen LogP contribution in [0.15, 0.2) is 60.8 Å². The van der Waals surface area contributed by atoms with Crippen LogP contribution in [0.1, 0.15) is 380 Å². The molecule has 0 aromatic heterocycles. The Labute approximate surface area is 504 Å². The highest BCUT2D eigenvalue weighted by molar-refractivity contribution is 5.71. The highest BCUT2D eigenvalue weighted by atomic mass is 16.6. The molecule has 0 spiro atoms. The van der Waals surface area contributed by atoms with Gasteiger partial charge in [-0.05, 0) is 109 Å². The van der Waals surface area contributed by atoms with Gasteiger partial charge in [-0.25, -0.2) is 0 Å². The van der Waals surface area contributed by atoms with Gasteiger partial charge in [0, 0.05) is 19.3 Å². The first-order chi connectivity index (χ1) is 40.0. The fraction of sp³-hybridized carbons (Fsp3) is 0.827. The Morgan fingerprint density at radius 3 is 0.704 bits per heavy atom. The van der Waals surface area contributed by atoms with Crippen LogP contribution in [0, 0.1) is 0 Å². The van der Waals surface area contributed by atoms with E-state index in [9.17, 15) is 14.4 Å². The van der Waals surface area contributed by atoms with Crippen molar-refractivity contribution in [1.82, 2.24) is 0 Å². The molecule has 0 bridgehead atoms. The summed E-state index contributed by atoms with van der Waals surface area (Å²) in [6, 6.07) is 0. The molecule has 81 heavy (non-hydrogen) atoms. The molecule has 472 valence electrons. The van der Waals surface area contributed by atoms with Crippen molar-refractivity contribution in [2.45, 2.75) is 386 Å². The van der Waals surface area contributed by atoms with Crippen LogP contribution in [0.4, 0.5) is 0 Å². The van der Waals surface area contributed by atoms with Gasteiger partial charge in [0.2, 0.25) is 0 Å². The number of unbranched alkanes of at least 4 members (excludes halogenated alkanes) is 45. The van der Waals surface area contributed by atoms with Crippen molar-refractivity contribution in [2.75, 3.05) is 13.2 Å². The molecule has 0 aromatic rings. The minimum absolute atomic E-state index is 0.0767. The predicted molar refractivity (Wildman–Crippen MR) is 353 cm³/mol. The molecule has 0 heterocycles. The summed E-state index contributed by atoms with van der Waals surface area (Å²) in [6.45, 7) is 6.66. The zero-order valence-corrected chi connectivity index (χ0v) is 54.3. The SMILES string of the molecule is CCCCCCC/C=C\C/C=C\C/C=C\CCCCCCCCCCCCCCCCCCC(=O)OCC(COC(=O)CCCCCCC/C=C\CCCCCCCCC)OC(=O)CCCCCCC/C=C\CCCCCCCCC. The lowest BCUT2D eigenvalue weighted by atomic mass is 10.0. The van der Waals surface area contributed by atoms with E-state index in [1.54, 1.807) is 0 Å². The third-order valence-electron chi connectivity index (χ3n) is 16.0. The number of rotatable bonds is 66. The summed E-state index contributed by atoms with van der Waals surface area (Å²) < 4.78 is 17.0. The average Bonchev–Trinajstić information content (AvgIpc) is 3.47. The first-order valence-corrected chi connectivity index (χ1v) is 35.8. The molecular weight excluding hydrogens is 997 g/mol. The van der Waals surface area contributed by atoms with Gasteiger partial charge >= 0.3 is 17.9 Å². The molecule has 0 aromatic carbocycles. The summed E-state index contributed by atoms with van der Waals surface area (Å²) in [5.41, 5.74) is 0. The van der Waals surface area contributed by atoms with E-state index in [4.69, 9.17) is 14.2 Å². The Hall–Kier alpha value is -2.89. The van der Waals surface area contributed by atoms with Crippen LogP contribution in [0.3, 0.4) is 0 Å². The normalized spacial score (nSPS) is 12.4. The van der Waals surface area contributed by atoms with E-state index >= 15 is 0 Å². The Bertz CT molecular complexity index is 1440. The fourth-order valence-corrected chi connectivity index (χ4v) is 10.6. The van der Waals surface area contributed by atoms with Crippen molar-refractivity contribution in [3.8, 4) is 0 Å². The molecular formula is C75H136O6. The molecule has 0 saturated heterocycles. The average molecular weight is 1130 g/mol. The summed E-state index contributed by atoms with van der Waals surface area (Å²) in [7, 11) is 0. The van der Waals surface area contributed by atoms with Gasteiger partial charge in [-0.1, -0.05) is 313 Å². The first kappa shape index (κ1) is 78.1. The number of carbonyl (C=O) groups excluding carboxylic acids is 3. The molecule has 1 atom stereocenters. The zero-order chi connectivity index (χ0) is 58.5. The summed E-state index contributed by atoms with van der Waals surface area (Å²) in [5.74, 6) is -0.871. The van der Waals surface area contributed by atoms with Gasteiger partial charge in [0.15, 0.2) is 6.10 Å². The lowest BCUT2D eigenvalue weighted by Crippen LogP contribution is -2.30. The smallest absolute Gasteiger partial charge is 0.306 e. The van der Waals surface area contributed by atoms with Crippen molar-refractivity contribution in [3.05, 3.63) is 60.8 Å². The van der Waals surface area contributed by atoms with E-state index in [2.05, 4.69) is 81.5 Å². The minimum atomic E-state index is -0.782. The number of ether oxygens (including phenoxy) is 3. The standard InChI is InChI=1S/C75H136O6/c1-4-7-10-13-16-19-22-25-28-31-32-33-34-35-36-37-38-39-40-41-42-43-44-45-48-50-53-56-59-62-65-68-74(77)80-71-72(81-75(78)69-66-63-60-57-54-51-47-30-27-24-21-18-15-12-9-6-3)70-79-73(76)67-64-61-58-55-52-49-46-29-26-23-20-17-14-11-8-5-2/h22,25,29-32,34-35,46-47,72H,4-21,23-24,26-28,33,36-45,48-71H2,1-3H3/b25-22-,32-31-,35-34-,46-29-,47-30-. The monoisotopic (exact) mass is 1130 g/mol. The van der Waals surface area contributed by atoms with Gasteiger partial charge in [-0.2, -0.15) is 0 Å². The fourth-order valence-electron chi connectivity index (χ4n) is 10.6. The van der Waals surface area contributed by atoms with Crippen LogP contribution in [-0.4, -0.2) is 37.2 Å². The predicted octanol–water partition coefficient (Wildman–Crippen LogP) is 24.7. The van der Waals surface area contributed by atoms with Crippen LogP contribution in [-0.2, 0) is 28.6 Å². The van der Waals surface area contributed by atoms with Gasteiger partial charge in [0.1, 0.15) is 13.2 Å². The van der Waals surface area contributed by atoms with E-state index in [0.29, 0.717) is 19.3 Å². The third-order valence-corrected chi connectivity index (χ3v) is 16.0. The lowest BCUT2D eigenvalue weighted by molar-refractivity contribution is -0.167. The summed E-state index contributed by atoms with van der Waals surface area (Å²) >= 11 is 0. The minimum Gasteiger partial charge on any atom is -0.462 e. The maximum Gasteiger partial charge on any atom is 0.306 e. The number of esters is 3. The molecule has 0 N–H and O–H groups in total. The quantitative estimate of drug-likeness (QED) is 0.0261. The molecule has 6 nitrogen and oxygen atoms in total. The first-order valence-electron chi connectivity index (χ1n) is 35.8. The molecule has 0 aliphatic heterocycles. The van der Waals surface area contributed by atoms with Gasteiger partial charge in [-0.15, -0.1) is 0 Å². The van der Waals surface area contributed by atoms with E-state index in [0.717, 1.165) is 83.5 Å². The third kappa shape index (κ3) is 67.8. The summed E-state index contributed by atoms with van der Waals surface area (Å²) in [5, 5.41) is 0. The van der Waals surface area contributed by atoms with Crippen molar-refractivity contribution in [2.24, 2.45) is 0 Å². The molecule has 0 radical (unpaired) electrons. The molecule has 6 heteroatoms. The van der Waals surface area contributed by atoms with Gasteiger partial charge in [-0.3, -0.25) is 14.4 Å². The molecule has 0 rings (SSSR count). The second-order valence-corrected chi connectivity index (χ2v) is 24.1. The molecule has 0 saturated carbocycles. The van der Waals surface area contributed by atoms with E-state index in [1.165, 1.54) is 257 Å². The van der Waals surface area contributed by atoms with Crippen molar-refractivity contribution < 1.29 is 28.6 Å².